The fourth-order valence-corrected chi connectivity index (χ4v) is 3.95. The highest BCUT2D eigenvalue weighted by atomic mass is 16.5. The van der Waals surface area contributed by atoms with Gasteiger partial charge in [0.1, 0.15) is 23.6 Å². The van der Waals surface area contributed by atoms with E-state index in [4.69, 9.17) is 9.72 Å². The minimum absolute atomic E-state index is 0.0477. The van der Waals surface area contributed by atoms with Gasteiger partial charge in [0.15, 0.2) is 0 Å². The van der Waals surface area contributed by atoms with Crippen molar-refractivity contribution in [2.75, 3.05) is 11.9 Å². The summed E-state index contributed by atoms with van der Waals surface area (Å²) in [5.74, 6) is 1.27. The summed E-state index contributed by atoms with van der Waals surface area (Å²) < 4.78 is 9.13. The van der Waals surface area contributed by atoms with Crippen molar-refractivity contribution in [3.63, 3.8) is 0 Å². The number of nitrogens with zero attached hydrogens (tertiary/aromatic N) is 3. The van der Waals surface area contributed by atoms with Crippen LogP contribution >= 0.6 is 0 Å². The van der Waals surface area contributed by atoms with Crippen molar-refractivity contribution in [2.24, 2.45) is 0 Å². The number of amides is 1. The lowest BCUT2D eigenvalue weighted by Gasteiger charge is -2.13. The van der Waals surface area contributed by atoms with Crippen LogP contribution in [0.15, 0.2) is 35.1 Å². The predicted octanol–water partition coefficient (Wildman–Crippen LogP) is 3.27. The Morgan fingerprint density at radius 3 is 2.90 bits per heavy atom. The smallest absolute Gasteiger partial charge is 0.278 e. The first kappa shape index (κ1) is 19.2. The molecule has 1 aliphatic rings. The molecule has 1 N–H and O–H groups in total. The third-order valence-corrected chi connectivity index (χ3v) is 5.34. The number of hydrogen-bond acceptors (Lipinski definition) is 4. The van der Waals surface area contributed by atoms with Gasteiger partial charge < -0.3 is 14.6 Å². The Morgan fingerprint density at radius 1 is 1.24 bits per heavy atom. The summed E-state index contributed by atoms with van der Waals surface area (Å²) in [5, 5.41) is 2.90. The van der Waals surface area contributed by atoms with E-state index in [1.165, 1.54) is 0 Å². The van der Waals surface area contributed by atoms with Gasteiger partial charge in [-0.25, -0.2) is 4.98 Å². The van der Waals surface area contributed by atoms with E-state index < -0.39 is 0 Å². The molecule has 29 heavy (non-hydrogen) atoms. The van der Waals surface area contributed by atoms with E-state index in [-0.39, 0.29) is 18.0 Å². The van der Waals surface area contributed by atoms with E-state index in [0.717, 1.165) is 37.2 Å². The molecule has 4 rings (SSSR count). The van der Waals surface area contributed by atoms with Crippen LogP contribution in [0.2, 0.25) is 0 Å². The van der Waals surface area contributed by atoms with Gasteiger partial charge in [0, 0.05) is 18.7 Å². The molecule has 0 aliphatic carbocycles. The number of ether oxygens (including phenoxy) is 1. The summed E-state index contributed by atoms with van der Waals surface area (Å²) in [4.78, 5) is 30.7. The lowest BCUT2D eigenvalue weighted by atomic mass is 10.2. The summed E-state index contributed by atoms with van der Waals surface area (Å²) in [6.07, 6.45) is 3.96. The number of carbonyl (C=O) groups is 1. The van der Waals surface area contributed by atoms with E-state index in [0.29, 0.717) is 35.6 Å². The van der Waals surface area contributed by atoms with Crippen molar-refractivity contribution in [2.45, 2.75) is 52.6 Å². The number of hydrogen-bond donors (Lipinski definition) is 1. The molecule has 0 bridgehead atoms. The monoisotopic (exact) mass is 394 g/mol. The van der Waals surface area contributed by atoms with Crippen molar-refractivity contribution in [1.82, 2.24) is 14.1 Å². The highest BCUT2D eigenvalue weighted by Crippen LogP contribution is 2.24. The molecule has 7 heteroatoms. The molecule has 152 valence electrons. The Balaban J connectivity index is 1.66. The minimum Gasteiger partial charge on any atom is -0.492 e. The molecule has 0 radical (unpaired) electrons. The molecule has 7 nitrogen and oxygen atoms in total. The molecule has 2 aromatic heterocycles. The molecule has 0 atom stereocenters. The van der Waals surface area contributed by atoms with Crippen LogP contribution in [-0.4, -0.2) is 26.6 Å². The van der Waals surface area contributed by atoms with Crippen molar-refractivity contribution in [1.29, 1.82) is 0 Å². The first-order valence-electron chi connectivity index (χ1n) is 10.2. The quantitative estimate of drug-likeness (QED) is 0.720. The number of aromatic nitrogens is 3. The third kappa shape index (κ3) is 3.77. The zero-order valence-electron chi connectivity index (χ0n) is 16.9. The predicted molar refractivity (Wildman–Crippen MR) is 113 cm³/mol. The van der Waals surface area contributed by atoms with E-state index in [2.05, 4.69) is 5.32 Å². The van der Waals surface area contributed by atoms with Gasteiger partial charge in [0.25, 0.3) is 5.56 Å². The van der Waals surface area contributed by atoms with Gasteiger partial charge in [-0.1, -0.05) is 18.6 Å². The van der Waals surface area contributed by atoms with Crippen LogP contribution in [0.1, 0.15) is 37.7 Å². The normalized spacial score (nSPS) is 13.7. The van der Waals surface area contributed by atoms with Gasteiger partial charge >= 0.3 is 0 Å². The van der Waals surface area contributed by atoms with Crippen LogP contribution < -0.4 is 15.6 Å². The van der Waals surface area contributed by atoms with Crippen LogP contribution in [-0.2, 0) is 24.3 Å². The second-order valence-corrected chi connectivity index (χ2v) is 7.38. The van der Waals surface area contributed by atoms with Crippen LogP contribution in [0.25, 0.3) is 11.0 Å². The number of anilines is 1. The maximum absolute atomic E-state index is 13.2. The Kier molecular flexibility index (Phi) is 5.38. The molecule has 0 fully saturated rings. The Hall–Kier alpha value is -3.09. The number of aryl methyl sites for hydroxylation is 2. The molecule has 0 saturated heterocycles. The fraction of sp³-hybridized carbons (Fsp3) is 0.409. The Labute approximate surface area is 169 Å². The van der Waals surface area contributed by atoms with Gasteiger partial charge in [0.2, 0.25) is 5.91 Å². The zero-order valence-corrected chi connectivity index (χ0v) is 16.9. The number of para-hydroxylation sites is 2. The van der Waals surface area contributed by atoms with E-state index >= 15 is 0 Å². The highest BCUT2D eigenvalue weighted by molar-refractivity contribution is 5.93. The third-order valence-electron chi connectivity index (χ3n) is 5.34. The summed E-state index contributed by atoms with van der Waals surface area (Å²) >= 11 is 0. The molecule has 0 saturated carbocycles. The Morgan fingerprint density at radius 2 is 2.07 bits per heavy atom. The van der Waals surface area contributed by atoms with Crippen LogP contribution in [0.5, 0.6) is 5.75 Å². The topological polar surface area (TPSA) is 78.2 Å². The molecule has 3 aromatic rings. The highest BCUT2D eigenvalue weighted by Gasteiger charge is 2.19. The molecule has 0 unspecified atom stereocenters. The number of carbonyl (C=O) groups excluding carboxylic acids is 1. The summed E-state index contributed by atoms with van der Waals surface area (Å²) in [5.41, 5.74) is 2.59. The minimum atomic E-state index is -0.211. The van der Waals surface area contributed by atoms with E-state index in [9.17, 15) is 9.59 Å². The summed E-state index contributed by atoms with van der Waals surface area (Å²) in [6.45, 7) is 5.05. The lowest BCUT2D eigenvalue weighted by Crippen LogP contribution is -2.28. The largest absolute Gasteiger partial charge is 0.492 e. The number of fused-ring (bicyclic) bond motifs is 2. The fourth-order valence-electron chi connectivity index (χ4n) is 3.95. The van der Waals surface area contributed by atoms with Gasteiger partial charge in [-0.3, -0.25) is 14.2 Å². The van der Waals surface area contributed by atoms with Crippen LogP contribution in [0.3, 0.4) is 0 Å². The maximum Gasteiger partial charge on any atom is 0.278 e. The average Bonchev–Trinajstić information content (AvgIpc) is 2.86. The van der Waals surface area contributed by atoms with Crippen molar-refractivity contribution in [3.8, 4) is 5.75 Å². The van der Waals surface area contributed by atoms with Gasteiger partial charge in [-0.15, -0.1) is 0 Å². The summed E-state index contributed by atoms with van der Waals surface area (Å²) in [6, 6.07) is 9.23. The molecule has 1 amide bonds. The average molecular weight is 394 g/mol. The van der Waals surface area contributed by atoms with Gasteiger partial charge in [0.05, 0.1) is 17.8 Å². The first-order valence-corrected chi connectivity index (χ1v) is 10.2. The van der Waals surface area contributed by atoms with Crippen LogP contribution in [0.4, 0.5) is 5.69 Å². The first-order chi connectivity index (χ1) is 14.1. The Bertz CT molecular complexity index is 1110. The molecule has 0 spiro atoms. The van der Waals surface area contributed by atoms with Gasteiger partial charge in [-0.05, 0) is 44.9 Å². The van der Waals surface area contributed by atoms with Crippen molar-refractivity contribution >= 4 is 22.6 Å². The molecular formula is C22H26N4O3. The van der Waals surface area contributed by atoms with Crippen molar-refractivity contribution < 1.29 is 9.53 Å². The van der Waals surface area contributed by atoms with Gasteiger partial charge in [-0.2, -0.15) is 0 Å². The second kappa shape index (κ2) is 8.11. The SMILES string of the molecule is CCOc1ccccc1NC(=O)Cn1c(C)cc2nc3n(c(=O)c21)CCCCC3. The molecule has 3 heterocycles. The van der Waals surface area contributed by atoms with Crippen molar-refractivity contribution in [3.05, 3.63) is 52.2 Å². The van der Waals surface area contributed by atoms with E-state index in [1.54, 1.807) is 15.2 Å². The van der Waals surface area contributed by atoms with Crippen LogP contribution in [0, 0.1) is 6.92 Å². The standard InChI is InChI=1S/C22H26N4O3/c1-3-29-18-10-7-6-9-16(18)24-20(27)14-26-15(2)13-17-21(26)22(28)25-12-8-4-5-11-19(25)23-17/h6-7,9-10,13H,3-5,8,11-12,14H2,1-2H3,(H,24,27). The number of nitrogens with one attached hydrogen (secondary N) is 1. The zero-order chi connectivity index (χ0) is 20.4. The van der Waals surface area contributed by atoms with E-state index in [1.807, 2.05) is 38.1 Å². The lowest BCUT2D eigenvalue weighted by molar-refractivity contribution is -0.116. The number of benzene rings is 1. The molecule has 1 aromatic carbocycles. The summed E-state index contributed by atoms with van der Waals surface area (Å²) in [7, 11) is 0. The number of rotatable bonds is 5. The second-order valence-electron chi connectivity index (χ2n) is 7.38. The molecule has 1 aliphatic heterocycles. The molecular weight excluding hydrogens is 368 g/mol. The maximum atomic E-state index is 13.2.